The Hall–Kier alpha value is -3.33. The molecule has 0 saturated heterocycles. The number of rotatable bonds is 8. The van der Waals surface area contributed by atoms with Crippen molar-refractivity contribution in [2.24, 2.45) is 0 Å². The van der Waals surface area contributed by atoms with E-state index in [1.807, 2.05) is 19.1 Å². The van der Waals surface area contributed by atoms with Gasteiger partial charge in [0.15, 0.2) is 11.5 Å². The third kappa shape index (κ3) is 4.94. The van der Waals surface area contributed by atoms with Gasteiger partial charge in [-0.1, -0.05) is 6.07 Å². The second kappa shape index (κ2) is 9.24. The molecule has 1 unspecified atom stereocenters. The number of nitro benzene ring substituents is 1. The van der Waals surface area contributed by atoms with Gasteiger partial charge in [0.1, 0.15) is 13.2 Å². The van der Waals surface area contributed by atoms with Crippen molar-refractivity contribution < 1.29 is 23.9 Å². The monoisotopic (exact) mass is 401 g/mol. The van der Waals surface area contributed by atoms with Crippen LogP contribution < -0.4 is 20.1 Å². The first-order valence-corrected chi connectivity index (χ1v) is 9.21. The minimum absolute atomic E-state index is 0.153. The second-order valence-electron chi connectivity index (χ2n) is 6.50. The minimum Gasteiger partial charge on any atom is -0.486 e. The number of hydrogen-bond donors (Lipinski definition) is 2. The maximum atomic E-state index is 12.9. The molecule has 1 atom stereocenters. The van der Waals surface area contributed by atoms with Gasteiger partial charge in [0.05, 0.1) is 23.1 Å². The minimum atomic E-state index is -0.528. The van der Waals surface area contributed by atoms with Crippen molar-refractivity contribution in [2.75, 3.05) is 38.8 Å². The summed E-state index contributed by atoms with van der Waals surface area (Å²) in [7, 11) is 1.57. The molecule has 1 aliphatic rings. The lowest BCUT2D eigenvalue weighted by atomic mass is 10.1. The number of ether oxygens (including phenoxy) is 3. The molecule has 0 bridgehead atoms. The van der Waals surface area contributed by atoms with Crippen LogP contribution in [0.1, 0.15) is 28.9 Å². The normalized spacial score (nSPS) is 13.4. The predicted octanol–water partition coefficient (Wildman–Crippen LogP) is 2.92. The number of nitrogens with zero attached hydrogens (tertiary/aromatic N) is 1. The van der Waals surface area contributed by atoms with E-state index >= 15 is 0 Å². The van der Waals surface area contributed by atoms with Gasteiger partial charge >= 0.3 is 0 Å². The Balaban J connectivity index is 1.79. The molecule has 2 aromatic rings. The van der Waals surface area contributed by atoms with E-state index in [0.717, 1.165) is 5.56 Å². The lowest BCUT2D eigenvalue weighted by Crippen LogP contribution is -2.28. The van der Waals surface area contributed by atoms with E-state index in [1.165, 1.54) is 18.2 Å². The number of carbonyl (C=O) groups excluding carboxylic acids is 1. The third-order valence-corrected chi connectivity index (χ3v) is 4.49. The molecule has 29 heavy (non-hydrogen) atoms. The number of anilines is 1. The zero-order valence-corrected chi connectivity index (χ0v) is 16.3. The van der Waals surface area contributed by atoms with Crippen molar-refractivity contribution in [3.05, 3.63) is 57.6 Å². The molecule has 2 aromatic carbocycles. The van der Waals surface area contributed by atoms with Crippen molar-refractivity contribution in [2.45, 2.75) is 13.0 Å². The highest BCUT2D eigenvalue weighted by molar-refractivity contribution is 6.00. The smallest absolute Gasteiger partial charge is 0.270 e. The van der Waals surface area contributed by atoms with Crippen LogP contribution in [0.4, 0.5) is 11.4 Å². The fraction of sp³-hybridized carbons (Fsp3) is 0.350. The van der Waals surface area contributed by atoms with Gasteiger partial charge in [-0.2, -0.15) is 0 Å². The lowest BCUT2D eigenvalue weighted by molar-refractivity contribution is -0.384. The fourth-order valence-corrected chi connectivity index (χ4v) is 2.96. The van der Waals surface area contributed by atoms with E-state index in [0.29, 0.717) is 43.6 Å². The fourth-order valence-electron chi connectivity index (χ4n) is 2.96. The molecule has 9 nitrogen and oxygen atoms in total. The summed E-state index contributed by atoms with van der Waals surface area (Å²) in [5, 5.41) is 17.1. The Morgan fingerprint density at radius 2 is 1.97 bits per heavy atom. The van der Waals surface area contributed by atoms with Crippen molar-refractivity contribution in [1.82, 2.24) is 5.32 Å². The molecule has 9 heteroatoms. The first-order valence-electron chi connectivity index (χ1n) is 9.21. The lowest BCUT2D eigenvalue weighted by Gasteiger charge is -2.21. The highest BCUT2D eigenvalue weighted by Crippen LogP contribution is 2.33. The quantitative estimate of drug-likeness (QED) is 0.397. The highest BCUT2D eigenvalue weighted by atomic mass is 16.6. The first kappa shape index (κ1) is 20.4. The second-order valence-corrected chi connectivity index (χ2v) is 6.50. The predicted molar refractivity (Wildman–Crippen MR) is 107 cm³/mol. The van der Waals surface area contributed by atoms with E-state index in [-0.39, 0.29) is 17.3 Å². The molecular weight excluding hydrogens is 378 g/mol. The first-order chi connectivity index (χ1) is 14.0. The summed E-state index contributed by atoms with van der Waals surface area (Å²) in [6.07, 6.45) is 0. The topological polar surface area (TPSA) is 112 Å². The average Bonchev–Trinajstić information content (AvgIpc) is 2.73. The van der Waals surface area contributed by atoms with Crippen LogP contribution in [0.5, 0.6) is 11.5 Å². The summed E-state index contributed by atoms with van der Waals surface area (Å²) < 4.78 is 16.1. The van der Waals surface area contributed by atoms with Crippen molar-refractivity contribution in [3.8, 4) is 11.5 Å². The Morgan fingerprint density at radius 3 is 2.69 bits per heavy atom. The van der Waals surface area contributed by atoms with Gasteiger partial charge < -0.3 is 24.8 Å². The molecule has 1 heterocycles. The van der Waals surface area contributed by atoms with Crippen molar-refractivity contribution >= 4 is 17.3 Å². The average molecular weight is 401 g/mol. The number of hydrogen-bond acceptors (Lipinski definition) is 7. The molecule has 2 N–H and O–H groups in total. The van der Waals surface area contributed by atoms with Crippen LogP contribution in [-0.4, -0.2) is 44.3 Å². The van der Waals surface area contributed by atoms with Gasteiger partial charge in [0, 0.05) is 31.5 Å². The zero-order valence-electron chi connectivity index (χ0n) is 16.3. The molecule has 1 amide bonds. The molecule has 0 aromatic heterocycles. The number of benzene rings is 2. The van der Waals surface area contributed by atoms with Gasteiger partial charge in [-0.05, 0) is 30.7 Å². The Morgan fingerprint density at radius 1 is 1.21 bits per heavy atom. The Labute approximate surface area is 168 Å². The number of methoxy groups -OCH3 is 1. The van der Waals surface area contributed by atoms with E-state index in [2.05, 4.69) is 10.6 Å². The summed E-state index contributed by atoms with van der Waals surface area (Å²) in [6, 6.07) is 9.28. The van der Waals surface area contributed by atoms with E-state index < -0.39 is 10.8 Å². The molecule has 0 saturated carbocycles. The van der Waals surface area contributed by atoms with Crippen LogP contribution in [-0.2, 0) is 4.74 Å². The Bertz CT molecular complexity index is 902. The number of nitrogens with one attached hydrogen (secondary N) is 2. The van der Waals surface area contributed by atoms with E-state index in [9.17, 15) is 14.9 Å². The SMILES string of the molecule is COCCNc1ccc([N+](=O)[O-])cc1C(=O)NC(C)c1ccc2c(c1)OCCO2. The molecule has 0 radical (unpaired) electrons. The molecule has 3 rings (SSSR count). The standard InChI is InChI=1S/C20H23N3O6/c1-13(14-3-6-18-19(11-14)29-10-9-28-18)22-20(24)16-12-15(23(25)26)4-5-17(16)21-7-8-27-2/h3-6,11-13,21H,7-10H2,1-2H3,(H,22,24). The third-order valence-electron chi connectivity index (χ3n) is 4.49. The Kier molecular flexibility index (Phi) is 6.50. The zero-order chi connectivity index (χ0) is 20.8. The largest absolute Gasteiger partial charge is 0.486 e. The highest BCUT2D eigenvalue weighted by Gasteiger charge is 2.20. The number of fused-ring (bicyclic) bond motifs is 1. The summed E-state index contributed by atoms with van der Waals surface area (Å²) in [5.41, 5.74) is 1.38. The molecular formula is C20H23N3O6. The molecule has 1 aliphatic heterocycles. The van der Waals surface area contributed by atoms with Crippen molar-refractivity contribution in [3.63, 3.8) is 0 Å². The molecule has 0 aliphatic carbocycles. The molecule has 0 fully saturated rings. The number of non-ortho nitro benzene ring substituents is 1. The molecule has 0 spiro atoms. The van der Waals surface area contributed by atoms with Crippen LogP contribution in [0.3, 0.4) is 0 Å². The summed E-state index contributed by atoms with van der Waals surface area (Å²) >= 11 is 0. The number of nitro groups is 1. The maximum Gasteiger partial charge on any atom is 0.270 e. The van der Waals surface area contributed by atoms with Gasteiger partial charge in [0.2, 0.25) is 0 Å². The summed E-state index contributed by atoms with van der Waals surface area (Å²) in [4.78, 5) is 23.5. The van der Waals surface area contributed by atoms with Gasteiger partial charge in [-0.25, -0.2) is 0 Å². The molecule has 154 valence electrons. The van der Waals surface area contributed by atoms with E-state index in [4.69, 9.17) is 14.2 Å². The van der Waals surface area contributed by atoms with Crippen molar-refractivity contribution in [1.29, 1.82) is 0 Å². The van der Waals surface area contributed by atoms with Gasteiger partial charge in [0.25, 0.3) is 11.6 Å². The maximum absolute atomic E-state index is 12.9. The summed E-state index contributed by atoms with van der Waals surface area (Å²) in [6.45, 7) is 3.71. The van der Waals surface area contributed by atoms with Crippen LogP contribution in [0.15, 0.2) is 36.4 Å². The number of amides is 1. The van der Waals surface area contributed by atoms with Crippen LogP contribution >= 0.6 is 0 Å². The number of carbonyl (C=O) groups is 1. The van der Waals surface area contributed by atoms with Crippen LogP contribution in [0.2, 0.25) is 0 Å². The van der Waals surface area contributed by atoms with Crippen LogP contribution in [0.25, 0.3) is 0 Å². The summed E-state index contributed by atoms with van der Waals surface area (Å²) in [5.74, 6) is 0.880. The van der Waals surface area contributed by atoms with Gasteiger partial charge in [-0.15, -0.1) is 0 Å². The van der Waals surface area contributed by atoms with E-state index in [1.54, 1.807) is 13.2 Å². The van der Waals surface area contributed by atoms with Crippen LogP contribution in [0, 0.1) is 10.1 Å². The van der Waals surface area contributed by atoms with Gasteiger partial charge in [-0.3, -0.25) is 14.9 Å².